The van der Waals surface area contributed by atoms with Crippen LogP contribution in [0.3, 0.4) is 0 Å². The lowest BCUT2D eigenvalue weighted by Crippen LogP contribution is -2.48. The van der Waals surface area contributed by atoms with Crippen molar-refractivity contribution in [2.45, 2.75) is 64.3 Å². The van der Waals surface area contributed by atoms with Crippen LogP contribution in [0.15, 0.2) is 30.3 Å². The van der Waals surface area contributed by atoms with Crippen molar-refractivity contribution < 1.29 is 9.53 Å². The Hall–Kier alpha value is -1.59. The summed E-state index contributed by atoms with van der Waals surface area (Å²) in [5.74, 6) is 0.813. The number of hydrogen-bond donors (Lipinski definition) is 0. The number of fused-ring (bicyclic) bond motifs is 1. The van der Waals surface area contributed by atoms with Crippen molar-refractivity contribution in [2.75, 3.05) is 32.7 Å². The molecule has 5 nitrogen and oxygen atoms in total. The molecule has 0 bridgehead atoms. The number of likely N-dealkylation sites (tertiary alicyclic amines) is 3. The minimum Gasteiger partial charge on any atom is -0.444 e. The first-order chi connectivity index (χ1) is 13.4. The number of amides is 1. The molecule has 154 valence electrons. The molecule has 2 atom stereocenters. The van der Waals surface area contributed by atoms with E-state index in [1.54, 1.807) is 0 Å². The average molecular weight is 386 g/mol. The molecule has 0 saturated carbocycles. The zero-order valence-corrected chi connectivity index (χ0v) is 17.6. The quantitative estimate of drug-likeness (QED) is 0.797. The van der Waals surface area contributed by atoms with E-state index in [-0.39, 0.29) is 6.09 Å². The monoisotopic (exact) mass is 385 g/mol. The standard InChI is InChI=1S/C23H35N3O2/c1-23(2,3)28-22(27)24-13-10-20(11-14-24)26-16-19-9-12-25(21(19)17-26)15-18-7-5-4-6-8-18/h4-8,19-21H,9-17H2,1-3H3. The minimum absolute atomic E-state index is 0.154. The topological polar surface area (TPSA) is 36.0 Å². The Bertz CT molecular complexity index is 664. The average Bonchev–Trinajstić information content (AvgIpc) is 3.23. The Labute approximate surface area is 169 Å². The zero-order chi connectivity index (χ0) is 19.7. The van der Waals surface area contributed by atoms with Gasteiger partial charge in [-0.2, -0.15) is 0 Å². The number of benzene rings is 1. The molecule has 2 unspecified atom stereocenters. The fourth-order valence-corrected chi connectivity index (χ4v) is 5.13. The molecule has 1 aromatic carbocycles. The summed E-state index contributed by atoms with van der Waals surface area (Å²) in [6, 6.07) is 12.2. The Morgan fingerprint density at radius 2 is 1.75 bits per heavy atom. The molecule has 0 radical (unpaired) electrons. The van der Waals surface area contributed by atoms with Crippen molar-refractivity contribution in [1.82, 2.24) is 14.7 Å². The first-order valence-electron chi connectivity index (χ1n) is 10.9. The van der Waals surface area contributed by atoms with Crippen molar-refractivity contribution in [3.63, 3.8) is 0 Å². The minimum atomic E-state index is -0.414. The van der Waals surface area contributed by atoms with Gasteiger partial charge >= 0.3 is 6.09 Å². The highest BCUT2D eigenvalue weighted by molar-refractivity contribution is 5.68. The lowest BCUT2D eigenvalue weighted by Gasteiger charge is -2.38. The van der Waals surface area contributed by atoms with E-state index in [2.05, 4.69) is 40.1 Å². The van der Waals surface area contributed by atoms with Crippen LogP contribution < -0.4 is 0 Å². The molecule has 1 amide bonds. The summed E-state index contributed by atoms with van der Waals surface area (Å²) in [7, 11) is 0. The second-order valence-corrected chi connectivity index (χ2v) is 9.72. The summed E-state index contributed by atoms with van der Waals surface area (Å²) >= 11 is 0. The second kappa shape index (κ2) is 8.03. The Morgan fingerprint density at radius 1 is 1.04 bits per heavy atom. The van der Waals surface area contributed by atoms with Gasteiger partial charge in [0.1, 0.15) is 5.60 Å². The number of hydrogen-bond acceptors (Lipinski definition) is 4. The van der Waals surface area contributed by atoms with Gasteiger partial charge in [0.05, 0.1) is 0 Å². The Kier molecular flexibility index (Phi) is 5.66. The lowest BCUT2D eigenvalue weighted by molar-refractivity contribution is 0.0149. The van der Waals surface area contributed by atoms with Crippen molar-refractivity contribution in [2.24, 2.45) is 5.92 Å². The molecule has 0 N–H and O–H groups in total. The van der Waals surface area contributed by atoms with E-state index in [9.17, 15) is 4.79 Å². The van der Waals surface area contributed by atoms with Crippen LogP contribution in [0.4, 0.5) is 4.79 Å². The van der Waals surface area contributed by atoms with E-state index in [4.69, 9.17) is 4.74 Å². The zero-order valence-electron chi connectivity index (χ0n) is 17.6. The molecule has 3 aliphatic rings. The first kappa shape index (κ1) is 19.7. The second-order valence-electron chi connectivity index (χ2n) is 9.72. The fourth-order valence-electron chi connectivity index (χ4n) is 5.13. The highest BCUT2D eigenvalue weighted by Crippen LogP contribution is 2.35. The smallest absolute Gasteiger partial charge is 0.410 e. The maximum Gasteiger partial charge on any atom is 0.410 e. The molecule has 3 saturated heterocycles. The SMILES string of the molecule is CC(C)(C)OC(=O)N1CCC(N2CC3CCN(Cc4ccccc4)C3C2)CC1. The molecule has 5 heteroatoms. The molecule has 0 aliphatic carbocycles. The third kappa shape index (κ3) is 4.52. The summed E-state index contributed by atoms with van der Waals surface area (Å²) in [6.45, 7) is 12.2. The molecule has 28 heavy (non-hydrogen) atoms. The van der Waals surface area contributed by atoms with Gasteiger partial charge in [0.25, 0.3) is 0 Å². The molecular weight excluding hydrogens is 350 g/mol. The van der Waals surface area contributed by atoms with Crippen LogP contribution in [-0.4, -0.2) is 71.2 Å². The third-order valence-corrected chi connectivity index (χ3v) is 6.55. The van der Waals surface area contributed by atoms with E-state index in [1.807, 2.05) is 25.7 Å². The summed E-state index contributed by atoms with van der Waals surface area (Å²) in [6.07, 6.45) is 3.30. The summed E-state index contributed by atoms with van der Waals surface area (Å²) in [5.41, 5.74) is 1.01. The van der Waals surface area contributed by atoms with Crippen molar-refractivity contribution >= 4 is 6.09 Å². The van der Waals surface area contributed by atoms with Crippen LogP contribution in [0.25, 0.3) is 0 Å². The molecule has 0 spiro atoms. The van der Waals surface area contributed by atoms with E-state index in [0.717, 1.165) is 38.4 Å². The van der Waals surface area contributed by atoms with E-state index >= 15 is 0 Å². The number of carbonyl (C=O) groups is 1. The van der Waals surface area contributed by atoms with Crippen LogP contribution in [0.5, 0.6) is 0 Å². The van der Waals surface area contributed by atoms with Gasteiger partial charge in [-0.1, -0.05) is 30.3 Å². The number of ether oxygens (including phenoxy) is 1. The van der Waals surface area contributed by atoms with Gasteiger partial charge in [-0.15, -0.1) is 0 Å². The predicted molar refractivity (Wildman–Crippen MR) is 111 cm³/mol. The molecule has 1 aromatic rings. The molecule has 3 fully saturated rings. The maximum absolute atomic E-state index is 12.3. The van der Waals surface area contributed by atoms with Crippen LogP contribution >= 0.6 is 0 Å². The van der Waals surface area contributed by atoms with Gasteiger partial charge < -0.3 is 9.64 Å². The summed E-state index contributed by atoms with van der Waals surface area (Å²) < 4.78 is 5.54. The highest BCUT2D eigenvalue weighted by Gasteiger charge is 2.43. The summed E-state index contributed by atoms with van der Waals surface area (Å²) in [4.78, 5) is 19.6. The van der Waals surface area contributed by atoms with E-state index in [0.29, 0.717) is 12.1 Å². The van der Waals surface area contributed by atoms with Gasteiger partial charge in [-0.05, 0) is 58.1 Å². The molecule has 0 aromatic heterocycles. The normalized spacial score (nSPS) is 27.2. The number of carbonyl (C=O) groups excluding carboxylic acids is 1. The largest absolute Gasteiger partial charge is 0.444 e. The van der Waals surface area contributed by atoms with Gasteiger partial charge in [-0.25, -0.2) is 4.79 Å². The van der Waals surface area contributed by atoms with Gasteiger partial charge in [0.2, 0.25) is 0 Å². The summed E-state index contributed by atoms with van der Waals surface area (Å²) in [5, 5.41) is 0. The Balaban J connectivity index is 1.28. The lowest BCUT2D eigenvalue weighted by atomic mass is 10.0. The van der Waals surface area contributed by atoms with E-state index in [1.165, 1.54) is 31.6 Å². The molecule has 3 heterocycles. The van der Waals surface area contributed by atoms with Gasteiger partial charge in [0, 0.05) is 44.8 Å². The van der Waals surface area contributed by atoms with E-state index < -0.39 is 5.60 Å². The number of piperidine rings is 1. The van der Waals surface area contributed by atoms with Crippen LogP contribution in [-0.2, 0) is 11.3 Å². The number of rotatable bonds is 3. The van der Waals surface area contributed by atoms with Gasteiger partial charge in [-0.3, -0.25) is 9.80 Å². The van der Waals surface area contributed by atoms with Crippen LogP contribution in [0.2, 0.25) is 0 Å². The fraction of sp³-hybridized carbons (Fsp3) is 0.696. The number of nitrogens with zero attached hydrogens (tertiary/aromatic N) is 3. The van der Waals surface area contributed by atoms with Crippen molar-refractivity contribution in [3.05, 3.63) is 35.9 Å². The molecular formula is C23H35N3O2. The molecule has 4 rings (SSSR count). The third-order valence-electron chi connectivity index (χ3n) is 6.55. The van der Waals surface area contributed by atoms with Crippen molar-refractivity contribution in [3.8, 4) is 0 Å². The Morgan fingerprint density at radius 3 is 2.43 bits per heavy atom. The maximum atomic E-state index is 12.3. The predicted octanol–water partition coefficient (Wildman–Crippen LogP) is 3.59. The van der Waals surface area contributed by atoms with Crippen LogP contribution in [0, 0.1) is 5.92 Å². The van der Waals surface area contributed by atoms with Gasteiger partial charge in [0.15, 0.2) is 0 Å². The molecule has 3 aliphatic heterocycles. The highest BCUT2D eigenvalue weighted by atomic mass is 16.6. The van der Waals surface area contributed by atoms with Crippen LogP contribution in [0.1, 0.15) is 45.6 Å². The first-order valence-corrected chi connectivity index (χ1v) is 10.9. The van der Waals surface area contributed by atoms with Crippen molar-refractivity contribution in [1.29, 1.82) is 0 Å².